The number of halogens is 1. The van der Waals surface area contributed by atoms with Gasteiger partial charge in [-0.15, -0.1) is 11.3 Å². The van der Waals surface area contributed by atoms with Gasteiger partial charge in [-0.25, -0.2) is 4.39 Å². The van der Waals surface area contributed by atoms with Gasteiger partial charge in [0.2, 0.25) is 0 Å². The first-order valence-electron chi connectivity index (χ1n) is 5.98. The van der Waals surface area contributed by atoms with Gasteiger partial charge in [-0.1, -0.05) is 18.2 Å². The number of rotatable bonds is 2. The largest absolute Gasteiger partial charge is 0.397 e. The highest BCUT2D eigenvalue weighted by Gasteiger charge is 2.13. The second-order valence-corrected chi connectivity index (χ2v) is 5.24. The van der Waals surface area contributed by atoms with E-state index in [1.807, 2.05) is 24.3 Å². The lowest BCUT2D eigenvalue weighted by molar-refractivity contribution is 0.102. The fourth-order valence-electron chi connectivity index (χ4n) is 1.99. The molecule has 0 radical (unpaired) electrons. The number of carbonyl (C=O) groups is 1. The third kappa shape index (κ3) is 2.23. The maximum atomic E-state index is 13.0. The highest BCUT2D eigenvalue weighted by atomic mass is 32.1. The SMILES string of the molecule is Nc1cc(F)ccc1NC(=O)c1csc2ccccc12. The normalized spacial score (nSPS) is 10.7. The van der Waals surface area contributed by atoms with Crippen molar-refractivity contribution in [3.8, 4) is 0 Å². The van der Waals surface area contributed by atoms with Gasteiger partial charge in [0.15, 0.2) is 0 Å². The number of amides is 1. The smallest absolute Gasteiger partial charge is 0.257 e. The Morgan fingerprint density at radius 1 is 1.20 bits per heavy atom. The molecule has 2 aromatic carbocycles. The van der Waals surface area contributed by atoms with Gasteiger partial charge < -0.3 is 11.1 Å². The van der Waals surface area contributed by atoms with Crippen LogP contribution >= 0.6 is 11.3 Å². The van der Waals surface area contributed by atoms with E-state index < -0.39 is 5.82 Å². The van der Waals surface area contributed by atoms with E-state index >= 15 is 0 Å². The van der Waals surface area contributed by atoms with Gasteiger partial charge in [0, 0.05) is 15.5 Å². The Labute approximate surface area is 118 Å². The van der Waals surface area contributed by atoms with Crippen molar-refractivity contribution in [2.45, 2.75) is 0 Å². The molecule has 0 saturated heterocycles. The molecule has 20 heavy (non-hydrogen) atoms. The molecule has 100 valence electrons. The summed E-state index contributed by atoms with van der Waals surface area (Å²) in [6.45, 7) is 0. The third-order valence-electron chi connectivity index (χ3n) is 2.99. The van der Waals surface area contributed by atoms with Gasteiger partial charge in [-0.3, -0.25) is 4.79 Å². The molecule has 0 aliphatic rings. The second-order valence-electron chi connectivity index (χ2n) is 4.33. The van der Waals surface area contributed by atoms with E-state index in [4.69, 9.17) is 5.73 Å². The van der Waals surface area contributed by atoms with Crippen LogP contribution in [0.5, 0.6) is 0 Å². The van der Waals surface area contributed by atoms with E-state index in [1.54, 1.807) is 5.38 Å². The lowest BCUT2D eigenvalue weighted by Crippen LogP contribution is -2.12. The molecule has 1 aromatic heterocycles. The Balaban J connectivity index is 1.93. The number of nitrogen functional groups attached to an aromatic ring is 1. The average Bonchev–Trinajstić information content (AvgIpc) is 2.86. The zero-order valence-corrected chi connectivity index (χ0v) is 11.2. The summed E-state index contributed by atoms with van der Waals surface area (Å²) in [6.07, 6.45) is 0. The number of carbonyl (C=O) groups excluding carboxylic acids is 1. The van der Waals surface area contributed by atoms with Crippen LogP contribution in [0.15, 0.2) is 47.8 Å². The van der Waals surface area contributed by atoms with Gasteiger partial charge >= 0.3 is 0 Å². The van der Waals surface area contributed by atoms with Crippen molar-refractivity contribution in [1.29, 1.82) is 0 Å². The highest BCUT2D eigenvalue weighted by molar-refractivity contribution is 7.17. The van der Waals surface area contributed by atoms with Crippen molar-refractivity contribution in [2.24, 2.45) is 0 Å². The minimum atomic E-state index is -0.429. The first-order valence-corrected chi connectivity index (χ1v) is 6.86. The van der Waals surface area contributed by atoms with Crippen LogP contribution in [0.25, 0.3) is 10.1 Å². The van der Waals surface area contributed by atoms with Crippen molar-refractivity contribution >= 4 is 38.7 Å². The van der Waals surface area contributed by atoms with E-state index in [-0.39, 0.29) is 11.6 Å². The van der Waals surface area contributed by atoms with Crippen LogP contribution in [0.4, 0.5) is 15.8 Å². The number of fused-ring (bicyclic) bond motifs is 1. The van der Waals surface area contributed by atoms with Gasteiger partial charge in [-0.05, 0) is 24.3 Å². The minimum Gasteiger partial charge on any atom is -0.397 e. The van der Waals surface area contributed by atoms with Crippen molar-refractivity contribution in [3.05, 3.63) is 59.2 Å². The van der Waals surface area contributed by atoms with E-state index in [9.17, 15) is 9.18 Å². The molecule has 0 aliphatic heterocycles. The van der Waals surface area contributed by atoms with Gasteiger partial charge in [0.25, 0.3) is 5.91 Å². The summed E-state index contributed by atoms with van der Waals surface area (Å²) in [4.78, 5) is 12.3. The Bertz CT molecular complexity index is 797. The van der Waals surface area contributed by atoms with Crippen LogP contribution < -0.4 is 11.1 Å². The van der Waals surface area contributed by atoms with Crippen LogP contribution in [0, 0.1) is 5.82 Å². The van der Waals surface area contributed by atoms with Gasteiger partial charge in [0.1, 0.15) is 5.82 Å². The molecule has 1 amide bonds. The van der Waals surface area contributed by atoms with Crippen molar-refractivity contribution in [2.75, 3.05) is 11.1 Å². The molecule has 0 spiro atoms. The highest BCUT2D eigenvalue weighted by Crippen LogP contribution is 2.27. The number of benzene rings is 2. The number of nitrogens with two attached hydrogens (primary N) is 1. The van der Waals surface area contributed by atoms with E-state index in [0.29, 0.717) is 11.3 Å². The van der Waals surface area contributed by atoms with Crippen molar-refractivity contribution in [3.63, 3.8) is 0 Å². The predicted octanol–water partition coefficient (Wildman–Crippen LogP) is 3.87. The fourth-order valence-corrected chi connectivity index (χ4v) is 2.93. The third-order valence-corrected chi connectivity index (χ3v) is 3.95. The maximum absolute atomic E-state index is 13.0. The number of hydrogen-bond acceptors (Lipinski definition) is 3. The van der Waals surface area contributed by atoms with Gasteiger partial charge in [0.05, 0.1) is 16.9 Å². The van der Waals surface area contributed by atoms with Crippen molar-refractivity contribution < 1.29 is 9.18 Å². The van der Waals surface area contributed by atoms with Crippen LogP contribution in [0.3, 0.4) is 0 Å². The summed E-state index contributed by atoms with van der Waals surface area (Å²) >= 11 is 1.51. The molecule has 0 fully saturated rings. The summed E-state index contributed by atoms with van der Waals surface area (Å²) in [5.74, 6) is -0.678. The molecule has 3 aromatic rings. The first kappa shape index (κ1) is 12.6. The minimum absolute atomic E-state index is 0.206. The fraction of sp³-hybridized carbons (Fsp3) is 0. The quantitative estimate of drug-likeness (QED) is 0.702. The average molecular weight is 286 g/mol. The molecule has 3 nitrogen and oxygen atoms in total. The lowest BCUT2D eigenvalue weighted by Gasteiger charge is -2.07. The number of nitrogens with one attached hydrogen (secondary N) is 1. The first-order chi connectivity index (χ1) is 9.65. The number of anilines is 2. The van der Waals surface area contributed by atoms with E-state index in [2.05, 4.69) is 5.32 Å². The monoisotopic (exact) mass is 286 g/mol. The summed E-state index contributed by atoms with van der Waals surface area (Å²) in [5.41, 5.74) is 6.89. The van der Waals surface area contributed by atoms with Crippen LogP contribution in [0.2, 0.25) is 0 Å². The standard InChI is InChI=1S/C15H11FN2OS/c16-9-5-6-13(12(17)7-9)18-15(19)11-8-20-14-4-2-1-3-10(11)14/h1-8H,17H2,(H,18,19). The molecule has 0 saturated carbocycles. The summed E-state index contributed by atoms with van der Waals surface area (Å²) in [7, 11) is 0. The van der Waals surface area contributed by atoms with Crippen LogP contribution in [-0.2, 0) is 0 Å². The predicted molar refractivity (Wildman–Crippen MR) is 80.6 cm³/mol. The van der Waals surface area contributed by atoms with Crippen molar-refractivity contribution in [1.82, 2.24) is 0 Å². The topological polar surface area (TPSA) is 55.1 Å². The molecular weight excluding hydrogens is 275 g/mol. The molecule has 3 N–H and O–H groups in total. The number of hydrogen-bond donors (Lipinski definition) is 2. The molecule has 1 heterocycles. The molecule has 0 bridgehead atoms. The Kier molecular flexibility index (Phi) is 3.12. The molecular formula is C15H11FN2OS. The summed E-state index contributed by atoms with van der Waals surface area (Å²) in [6, 6.07) is 11.6. The summed E-state index contributed by atoms with van der Waals surface area (Å²) < 4.78 is 14.0. The Morgan fingerprint density at radius 2 is 2.00 bits per heavy atom. The molecule has 0 aliphatic carbocycles. The number of thiophene rings is 1. The Morgan fingerprint density at radius 3 is 2.80 bits per heavy atom. The lowest BCUT2D eigenvalue weighted by atomic mass is 10.1. The summed E-state index contributed by atoms with van der Waals surface area (Å²) in [5, 5.41) is 5.41. The maximum Gasteiger partial charge on any atom is 0.257 e. The zero-order chi connectivity index (χ0) is 14.1. The molecule has 3 rings (SSSR count). The molecule has 0 atom stereocenters. The van der Waals surface area contributed by atoms with E-state index in [1.165, 1.54) is 29.5 Å². The molecule has 5 heteroatoms. The van der Waals surface area contributed by atoms with Gasteiger partial charge in [-0.2, -0.15) is 0 Å². The van der Waals surface area contributed by atoms with E-state index in [0.717, 1.165) is 10.1 Å². The molecule has 0 unspecified atom stereocenters. The van der Waals surface area contributed by atoms with Crippen LogP contribution in [-0.4, -0.2) is 5.91 Å². The zero-order valence-electron chi connectivity index (χ0n) is 10.4. The van der Waals surface area contributed by atoms with Crippen LogP contribution in [0.1, 0.15) is 10.4 Å². The Hall–Kier alpha value is -2.40. The second kappa shape index (κ2) is 4.94.